The number of nitrogens with two attached hydrogens (primary N) is 1. The molecule has 1 rings (SSSR count). The van der Waals surface area contributed by atoms with Gasteiger partial charge in [0, 0.05) is 20.7 Å². The van der Waals surface area contributed by atoms with E-state index in [1.165, 1.54) is 0 Å². The highest BCUT2D eigenvalue weighted by molar-refractivity contribution is 5.96. The fourth-order valence-corrected chi connectivity index (χ4v) is 1.25. The van der Waals surface area contributed by atoms with Gasteiger partial charge >= 0.3 is 0 Å². The van der Waals surface area contributed by atoms with Gasteiger partial charge in [-0.2, -0.15) is 0 Å². The van der Waals surface area contributed by atoms with Crippen molar-refractivity contribution in [2.75, 3.05) is 26.0 Å². The Kier molecular flexibility index (Phi) is 3.68. The van der Waals surface area contributed by atoms with E-state index in [1.54, 1.807) is 25.6 Å². The lowest BCUT2D eigenvalue weighted by molar-refractivity contribution is 0.0929. The van der Waals surface area contributed by atoms with Crippen LogP contribution >= 0.6 is 0 Å². The number of hydrogen-bond donors (Lipinski definition) is 2. The Labute approximate surface area is 88.4 Å². The van der Waals surface area contributed by atoms with Gasteiger partial charge in [-0.05, 0) is 6.92 Å². The molecule has 0 aliphatic rings. The maximum Gasteiger partial charge on any atom is 0.271 e. The summed E-state index contributed by atoms with van der Waals surface area (Å²) in [7, 11) is 3.33. The first-order valence-corrected chi connectivity index (χ1v) is 4.63. The highest BCUT2D eigenvalue weighted by Crippen LogP contribution is 2.11. The summed E-state index contributed by atoms with van der Waals surface area (Å²) in [5.74, 6) is 0.738. The van der Waals surface area contributed by atoms with Crippen LogP contribution in [0, 0.1) is 6.92 Å². The summed E-state index contributed by atoms with van der Waals surface area (Å²) in [4.78, 5) is 15.7. The number of anilines is 1. The van der Waals surface area contributed by atoms with Crippen molar-refractivity contribution >= 4 is 11.7 Å². The second kappa shape index (κ2) is 4.79. The van der Waals surface area contributed by atoms with E-state index in [1.807, 2.05) is 0 Å². The van der Waals surface area contributed by atoms with E-state index >= 15 is 0 Å². The lowest BCUT2D eigenvalue weighted by Gasteiger charge is -2.05. The molecule has 0 radical (unpaired) electrons. The van der Waals surface area contributed by atoms with Crippen molar-refractivity contribution in [3.8, 4) is 0 Å². The van der Waals surface area contributed by atoms with Gasteiger partial charge < -0.3 is 20.4 Å². The summed E-state index contributed by atoms with van der Waals surface area (Å²) in [5, 5.41) is 2.69. The summed E-state index contributed by atoms with van der Waals surface area (Å²) in [5.41, 5.74) is 6.02. The molecule has 0 aliphatic heterocycles. The van der Waals surface area contributed by atoms with Crippen LogP contribution in [-0.2, 0) is 11.8 Å². The van der Waals surface area contributed by atoms with Crippen molar-refractivity contribution in [1.29, 1.82) is 0 Å². The monoisotopic (exact) mass is 212 g/mol. The molecule has 0 aliphatic carbocycles. The van der Waals surface area contributed by atoms with Crippen LogP contribution in [0.2, 0.25) is 0 Å². The Balaban J connectivity index is 2.73. The van der Waals surface area contributed by atoms with Crippen LogP contribution in [0.25, 0.3) is 0 Å². The summed E-state index contributed by atoms with van der Waals surface area (Å²) >= 11 is 0. The van der Waals surface area contributed by atoms with Crippen molar-refractivity contribution < 1.29 is 9.53 Å². The van der Waals surface area contributed by atoms with Crippen molar-refractivity contribution in [2.45, 2.75) is 6.92 Å². The number of ether oxygens (including phenoxy) is 1. The van der Waals surface area contributed by atoms with Crippen LogP contribution in [0.1, 0.15) is 16.3 Å². The zero-order valence-corrected chi connectivity index (χ0v) is 9.20. The quantitative estimate of drug-likeness (QED) is 0.670. The predicted octanol–water partition coefficient (Wildman–Crippen LogP) is -0.313. The Morgan fingerprint density at radius 2 is 2.33 bits per heavy atom. The molecule has 0 spiro atoms. The minimum Gasteiger partial charge on any atom is -0.383 e. The lowest BCUT2D eigenvalue weighted by Crippen LogP contribution is -2.29. The van der Waals surface area contributed by atoms with Gasteiger partial charge in [-0.15, -0.1) is 0 Å². The molecule has 0 bridgehead atoms. The van der Waals surface area contributed by atoms with Gasteiger partial charge in [0.25, 0.3) is 5.91 Å². The van der Waals surface area contributed by atoms with Crippen molar-refractivity contribution in [1.82, 2.24) is 14.9 Å². The summed E-state index contributed by atoms with van der Waals surface area (Å²) < 4.78 is 6.49. The molecule has 6 nitrogen and oxygen atoms in total. The van der Waals surface area contributed by atoms with Crippen molar-refractivity contribution in [2.24, 2.45) is 7.05 Å². The van der Waals surface area contributed by atoms with Crippen LogP contribution in [0.15, 0.2) is 0 Å². The third-order valence-electron chi connectivity index (χ3n) is 2.15. The van der Waals surface area contributed by atoms with E-state index in [-0.39, 0.29) is 11.7 Å². The third-order valence-corrected chi connectivity index (χ3v) is 2.15. The number of carbonyl (C=O) groups is 1. The molecule has 1 heterocycles. The third kappa shape index (κ3) is 2.47. The molecule has 0 fully saturated rings. The predicted molar refractivity (Wildman–Crippen MR) is 56.6 cm³/mol. The molecule has 1 aromatic heterocycles. The summed E-state index contributed by atoms with van der Waals surface area (Å²) in [6, 6.07) is 0. The Morgan fingerprint density at radius 1 is 1.67 bits per heavy atom. The van der Waals surface area contributed by atoms with Crippen LogP contribution < -0.4 is 11.1 Å². The van der Waals surface area contributed by atoms with Gasteiger partial charge in [0.1, 0.15) is 5.82 Å². The van der Waals surface area contributed by atoms with E-state index in [4.69, 9.17) is 10.5 Å². The molecule has 0 unspecified atom stereocenters. The summed E-state index contributed by atoms with van der Waals surface area (Å²) in [6.07, 6.45) is 0. The minimum absolute atomic E-state index is 0.229. The number of nitrogens with zero attached hydrogens (tertiary/aromatic N) is 2. The standard InChI is InChI=1S/C9H16N4O2/c1-6-12-8(10)7(13(6)2)9(14)11-4-5-15-3/h4-5,10H2,1-3H3,(H,11,14). The second-order valence-corrected chi connectivity index (χ2v) is 3.20. The molecule has 0 saturated carbocycles. The number of rotatable bonds is 4. The van der Waals surface area contributed by atoms with E-state index in [9.17, 15) is 4.79 Å². The first kappa shape index (κ1) is 11.5. The van der Waals surface area contributed by atoms with E-state index < -0.39 is 0 Å². The van der Waals surface area contributed by atoms with Gasteiger partial charge in [-0.3, -0.25) is 4.79 Å². The molecule has 3 N–H and O–H groups in total. The van der Waals surface area contributed by atoms with Crippen LogP contribution in [0.4, 0.5) is 5.82 Å². The van der Waals surface area contributed by atoms with Gasteiger partial charge in [0.2, 0.25) is 0 Å². The zero-order valence-electron chi connectivity index (χ0n) is 9.20. The Bertz CT molecular complexity index is 359. The smallest absolute Gasteiger partial charge is 0.271 e. The number of aromatic nitrogens is 2. The molecule has 6 heteroatoms. The largest absolute Gasteiger partial charge is 0.383 e. The first-order valence-electron chi connectivity index (χ1n) is 4.63. The number of hydrogen-bond acceptors (Lipinski definition) is 4. The van der Waals surface area contributed by atoms with Crippen molar-refractivity contribution in [3.63, 3.8) is 0 Å². The highest BCUT2D eigenvalue weighted by atomic mass is 16.5. The summed E-state index contributed by atoms with van der Waals surface area (Å²) in [6.45, 7) is 2.73. The first-order chi connectivity index (χ1) is 7.07. The van der Waals surface area contributed by atoms with Crippen LogP contribution in [0.3, 0.4) is 0 Å². The number of amides is 1. The Morgan fingerprint density at radius 3 is 2.80 bits per heavy atom. The number of aryl methyl sites for hydroxylation is 1. The van der Waals surface area contributed by atoms with Crippen LogP contribution in [0.5, 0.6) is 0 Å². The lowest BCUT2D eigenvalue weighted by atomic mass is 10.4. The zero-order chi connectivity index (χ0) is 11.4. The number of carbonyl (C=O) groups excluding carboxylic acids is 1. The average molecular weight is 212 g/mol. The molecule has 1 aromatic rings. The highest BCUT2D eigenvalue weighted by Gasteiger charge is 2.16. The van der Waals surface area contributed by atoms with Gasteiger partial charge in [0.05, 0.1) is 6.61 Å². The van der Waals surface area contributed by atoms with Gasteiger partial charge in [-0.25, -0.2) is 4.98 Å². The maximum atomic E-state index is 11.7. The Hall–Kier alpha value is -1.56. The number of nitrogen functional groups attached to an aromatic ring is 1. The van der Waals surface area contributed by atoms with Crippen molar-refractivity contribution in [3.05, 3.63) is 11.5 Å². The van der Waals surface area contributed by atoms with Gasteiger partial charge in [0.15, 0.2) is 11.5 Å². The van der Waals surface area contributed by atoms with Gasteiger partial charge in [-0.1, -0.05) is 0 Å². The maximum absolute atomic E-state index is 11.7. The molecule has 15 heavy (non-hydrogen) atoms. The molecule has 0 atom stereocenters. The fourth-order valence-electron chi connectivity index (χ4n) is 1.25. The SMILES string of the molecule is COCCNC(=O)c1c(N)nc(C)n1C. The minimum atomic E-state index is -0.229. The average Bonchev–Trinajstić information content (AvgIpc) is 2.41. The fraction of sp³-hybridized carbons (Fsp3) is 0.556. The molecular weight excluding hydrogens is 196 g/mol. The second-order valence-electron chi connectivity index (χ2n) is 3.20. The van der Waals surface area contributed by atoms with Crippen LogP contribution in [-0.4, -0.2) is 35.7 Å². The number of nitrogens with one attached hydrogen (secondary N) is 1. The number of imidazole rings is 1. The van der Waals surface area contributed by atoms with E-state index in [0.29, 0.717) is 24.7 Å². The molecule has 0 saturated heterocycles. The van der Waals surface area contributed by atoms with E-state index in [0.717, 1.165) is 0 Å². The molecule has 1 amide bonds. The topological polar surface area (TPSA) is 82.2 Å². The molecule has 0 aromatic carbocycles. The van der Waals surface area contributed by atoms with E-state index in [2.05, 4.69) is 10.3 Å². The normalized spacial score (nSPS) is 10.3. The molecular formula is C9H16N4O2. The molecule has 84 valence electrons. The number of methoxy groups -OCH3 is 1.